The molecular weight excluding hydrogens is 376 g/mol. The highest BCUT2D eigenvalue weighted by Gasteiger charge is 2.36. The van der Waals surface area contributed by atoms with E-state index in [4.69, 9.17) is 9.47 Å². The summed E-state index contributed by atoms with van der Waals surface area (Å²) < 4.78 is 11.9. The number of amides is 1. The molecule has 1 aliphatic heterocycles. The summed E-state index contributed by atoms with van der Waals surface area (Å²) in [6.45, 7) is 7.24. The van der Waals surface area contributed by atoms with Crippen molar-refractivity contribution < 1.29 is 14.3 Å². The molecule has 2 aliphatic rings. The molecule has 0 bridgehead atoms. The molecule has 0 spiro atoms. The van der Waals surface area contributed by atoms with Gasteiger partial charge in [0.05, 0.1) is 7.11 Å². The normalized spacial score (nSPS) is 17.0. The Hall–Kier alpha value is -2.79. The van der Waals surface area contributed by atoms with E-state index in [1.54, 1.807) is 13.2 Å². The number of benzene rings is 2. The second-order valence-corrected chi connectivity index (χ2v) is 8.08. The molecule has 1 heterocycles. The maximum absolute atomic E-state index is 12.2. The largest absolute Gasteiger partial charge is 0.493 e. The van der Waals surface area contributed by atoms with Gasteiger partial charge in [0.15, 0.2) is 11.5 Å². The average molecular weight is 407 g/mol. The fourth-order valence-corrected chi connectivity index (χ4v) is 4.65. The molecule has 0 saturated heterocycles. The molecule has 0 radical (unpaired) electrons. The molecule has 1 unspecified atom stereocenters. The van der Waals surface area contributed by atoms with Gasteiger partial charge < -0.3 is 14.8 Å². The molecule has 4 rings (SSSR count). The van der Waals surface area contributed by atoms with Crippen LogP contribution in [0.3, 0.4) is 0 Å². The zero-order valence-electron chi connectivity index (χ0n) is 18.1. The molecule has 2 aromatic rings. The number of nitrogens with one attached hydrogen (secondary N) is 1. The number of ether oxygens (including phenoxy) is 2. The molecule has 5 heteroatoms. The third-order valence-electron chi connectivity index (χ3n) is 6.09. The molecule has 1 amide bonds. The van der Waals surface area contributed by atoms with Crippen molar-refractivity contribution in [2.24, 2.45) is 0 Å². The van der Waals surface area contributed by atoms with E-state index >= 15 is 0 Å². The van der Waals surface area contributed by atoms with Crippen LogP contribution in [-0.2, 0) is 17.6 Å². The number of nitrogens with zero attached hydrogens (tertiary/aromatic N) is 1. The van der Waals surface area contributed by atoms with Crippen molar-refractivity contribution in [3.05, 3.63) is 53.6 Å². The van der Waals surface area contributed by atoms with Crippen LogP contribution in [0.5, 0.6) is 11.5 Å². The summed E-state index contributed by atoms with van der Waals surface area (Å²) in [6.07, 6.45) is 5.03. The third kappa shape index (κ3) is 3.58. The summed E-state index contributed by atoms with van der Waals surface area (Å²) >= 11 is 0. The number of anilines is 1. The van der Waals surface area contributed by atoms with Crippen LogP contribution in [0, 0.1) is 0 Å². The molecular formula is C25H30N2O3. The first-order chi connectivity index (χ1) is 14.6. The van der Waals surface area contributed by atoms with Crippen molar-refractivity contribution in [2.75, 3.05) is 32.6 Å². The van der Waals surface area contributed by atoms with E-state index in [9.17, 15) is 4.79 Å². The van der Waals surface area contributed by atoms with Gasteiger partial charge in [0.2, 0.25) is 5.91 Å². The lowest BCUT2D eigenvalue weighted by Gasteiger charge is -2.40. The Morgan fingerprint density at radius 1 is 1.33 bits per heavy atom. The van der Waals surface area contributed by atoms with Crippen molar-refractivity contribution in [1.29, 1.82) is 0 Å². The number of fused-ring (bicyclic) bond motifs is 2. The lowest BCUT2D eigenvalue weighted by atomic mass is 9.76. The first-order valence-electron chi connectivity index (χ1n) is 10.7. The van der Waals surface area contributed by atoms with E-state index in [2.05, 4.69) is 42.0 Å². The van der Waals surface area contributed by atoms with Crippen LogP contribution in [0.25, 0.3) is 11.1 Å². The fourth-order valence-electron chi connectivity index (χ4n) is 4.65. The summed E-state index contributed by atoms with van der Waals surface area (Å²) in [4.78, 5) is 14.6. The molecule has 5 nitrogen and oxygen atoms in total. The molecule has 0 aromatic heterocycles. The molecule has 30 heavy (non-hydrogen) atoms. The van der Waals surface area contributed by atoms with E-state index in [0.29, 0.717) is 19.1 Å². The second kappa shape index (κ2) is 8.52. The van der Waals surface area contributed by atoms with Gasteiger partial charge in [-0.1, -0.05) is 25.6 Å². The monoisotopic (exact) mass is 406 g/mol. The summed E-state index contributed by atoms with van der Waals surface area (Å²) in [5, 5.41) is 3.04. The molecule has 0 fully saturated rings. The maximum Gasteiger partial charge on any atom is 0.224 e. The summed E-state index contributed by atoms with van der Waals surface area (Å²) in [7, 11) is 3.88. The second-order valence-electron chi connectivity index (χ2n) is 8.08. The number of carbonyl (C=O) groups excluding carboxylic acids is 1. The number of hydrogen-bond donors (Lipinski definition) is 1. The highest BCUT2D eigenvalue weighted by atomic mass is 16.5. The average Bonchev–Trinajstić information content (AvgIpc) is 2.74. The Kier molecular flexibility index (Phi) is 5.82. The van der Waals surface area contributed by atoms with Crippen LogP contribution in [0.2, 0.25) is 0 Å². The lowest BCUT2D eigenvalue weighted by Crippen LogP contribution is -2.35. The van der Waals surface area contributed by atoms with Gasteiger partial charge in [-0.2, -0.15) is 0 Å². The van der Waals surface area contributed by atoms with Crippen molar-refractivity contribution in [2.45, 2.75) is 38.6 Å². The minimum absolute atomic E-state index is 0.0432. The van der Waals surface area contributed by atoms with Crippen molar-refractivity contribution in [1.82, 2.24) is 4.90 Å². The quantitative estimate of drug-likeness (QED) is 0.674. The Morgan fingerprint density at radius 3 is 2.90 bits per heavy atom. The van der Waals surface area contributed by atoms with Crippen LogP contribution in [0.15, 0.2) is 36.9 Å². The van der Waals surface area contributed by atoms with Crippen LogP contribution >= 0.6 is 0 Å². The van der Waals surface area contributed by atoms with Crippen LogP contribution < -0.4 is 14.8 Å². The van der Waals surface area contributed by atoms with Gasteiger partial charge in [-0.15, -0.1) is 0 Å². The zero-order chi connectivity index (χ0) is 21.3. The Balaban J connectivity index is 1.90. The minimum Gasteiger partial charge on any atom is -0.493 e. The molecule has 158 valence electrons. The van der Waals surface area contributed by atoms with Gasteiger partial charge in [0.1, 0.15) is 6.61 Å². The number of hydrogen-bond acceptors (Lipinski definition) is 4. The van der Waals surface area contributed by atoms with E-state index in [1.165, 1.54) is 16.7 Å². The van der Waals surface area contributed by atoms with Crippen molar-refractivity contribution in [3.63, 3.8) is 0 Å². The Labute approximate surface area is 178 Å². The van der Waals surface area contributed by atoms with Gasteiger partial charge in [-0.25, -0.2) is 0 Å². The van der Waals surface area contributed by atoms with Gasteiger partial charge >= 0.3 is 0 Å². The Bertz CT molecular complexity index is 983. The van der Waals surface area contributed by atoms with E-state index < -0.39 is 0 Å². The van der Waals surface area contributed by atoms with Crippen LogP contribution in [0.1, 0.15) is 42.5 Å². The first kappa shape index (κ1) is 20.5. The zero-order valence-corrected chi connectivity index (χ0v) is 18.1. The maximum atomic E-state index is 12.2. The first-order valence-corrected chi connectivity index (χ1v) is 10.7. The number of rotatable bonds is 7. The van der Waals surface area contributed by atoms with Crippen molar-refractivity contribution in [3.8, 4) is 22.6 Å². The molecule has 2 aromatic carbocycles. The van der Waals surface area contributed by atoms with Gasteiger partial charge in [-0.05, 0) is 66.8 Å². The highest BCUT2D eigenvalue weighted by Crippen LogP contribution is 2.52. The predicted octanol–water partition coefficient (Wildman–Crippen LogP) is 4.75. The predicted molar refractivity (Wildman–Crippen MR) is 120 cm³/mol. The smallest absolute Gasteiger partial charge is 0.224 e. The molecule has 0 saturated carbocycles. The van der Waals surface area contributed by atoms with E-state index in [1.807, 2.05) is 13.0 Å². The summed E-state index contributed by atoms with van der Waals surface area (Å²) in [6, 6.07) is 8.68. The standard InChI is InChI=1S/C25H30N2O3/c1-5-7-22(28)26-18-9-8-16-13-20-23-17(10-11-27(20)3)14-21(29-4)25(30-12-6-2)24(23)19(16)15-18/h6,8-9,14-15,20H,2,5,7,10-13H2,1,3-4H3,(H,26,28). The van der Waals surface area contributed by atoms with Crippen LogP contribution in [-0.4, -0.2) is 38.1 Å². The summed E-state index contributed by atoms with van der Waals surface area (Å²) in [5.41, 5.74) is 6.94. The number of carbonyl (C=O) groups is 1. The van der Waals surface area contributed by atoms with Gasteiger partial charge in [-0.3, -0.25) is 9.69 Å². The van der Waals surface area contributed by atoms with Crippen LogP contribution in [0.4, 0.5) is 5.69 Å². The molecule has 1 N–H and O–H groups in total. The van der Waals surface area contributed by atoms with Gasteiger partial charge in [0.25, 0.3) is 0 Å². The Morgan fingerprint density at radius 2 is 2.17 bits per heavy atom. The topological polar surface area (TPSA) is 50.8 Å². The molecule has 1 aliphatic carbocycles. The van der Waals surface area contributed by atoms with E-state index in [0.717, 1.165) is 54.1 Å². The SMILES string of the molecule is C=CCOc1c(OC)cc2c3c1-c1cc(NC(=O)CCC)ccc1CC3N(C)CC2. The van der Waals surface area contributed by atoms with E-state index in [-0.39, 0.29) is 5.91 Å². The fraction of sp³-hybridized carbons (Fsp3) is 0.400. The lowest BCUT2D eigenvalue weighted by molar-refractivity contribution is -0.116. The third-order valence-corrected chi connectivity index (χ3v) is 6.09. The van der Waals surface area contributed by atoms with Crippen molar-refractivity contribution >= 4 is 11.6 Å². The van der Waals surface area contributed by atoms with Gasteiger partial charge in [0, 0.05) is 30.3 Å². The number of likely N-dealkylation sites (N-methyl/N-ethyl adjacent to an activating group) is 1. The minimum atomic E-state index is 0.0432. The summed E-state index contributed by atoms with van der Waals surface area (Å²) in [5.74, 6) is 1.55. The highest BCUT2D eigenvalue weighted by molar-refractivity contribution is 5.93. The number of methoxy groups -OCH3 is 1. The molecule has 1 atom stereocenters.